The van der Waals surface area contributed by atoms with E-state index in [4.69, 9.17) is 4.42 Å². The molecule has 0 saturated carbocycles. The van der Waals surface area contributed by atoms with Crippen LogP contribution in [0.5, 0.6) is 0 Å². The van der Waals surface area contributed by atoms with E-state index in [1.807, 2.05) is 6.07 Å². The summed E-state index contributed by atoms with van der Waals surface area (Å²) in [6.07, 6.45) is 3.20. The lowest BCUT2D eigenvalue weighted by Crippen LogP contribution is -2.41. The van der Waals surface area contributed by atoms with Crippen LogP contribution in [0.1, 0.15) is 31.7 Å². The molecule has 1 saturated heterocycles. The summed E-state index contributed by atoms with van der Waals surface area (Å²) in [6.45, 7) is 3.08. The molecule has 1 atom stereocenters. The summed E-state index contributed by atoms with van der Waals surface area (Å²) in [5.41, 5.74) is 1.54. The Bertz CT molecular complexity index is 799. The molecule has 1 aliphatic rings. The molecule has 0 spiro atoms. The highest BCUT2D eigenvalue weighted by Gasteiger charge is 2.22. The second-order valence-electron chi connectivity index (χ2n) is 6.29. The fraction of sp³-hybridized carbons (Fsp3) is 0.444. The second-order valence-corrected chi connectivity index (χ2v) is 6.29. The fourth-order valence-corrected chi connectivity index (χ4v) is 3.34. The number of aliphatic hydroxyl groups is 1. The molecule has 0 radical (unpaired) electrons. The maximum absolute atomic E-state index is 11.9. The number of nitrogens with zero attached hydrogens (tertiary/aromatic N) is 1. The van der Waals surface area contributed by atoms with Crippen molar-refractivity contribution in [3.63, 3.8) is 0 Å². The standard InChI is InChI=1S/C18H22N2O4/c1-12(22)19-14-5-6-16-13(8-18(23)24-17(16)9-14)10-20-7-3-2-4-15(20)11-21/h5-6,8-9,15,21H,2-4,7,10-11H2,1H3,(H,19,22). The summed E-state index contributed by atoms with van der Waals surface area (Å²) >= 11 is 0. The van der Waals surface area contributed by atoms with Crippen molar-refractivity contribution in [1.29, 1.82) is 0 Å². The van der Waals surface area contributed by atoms with Crippen LogP contribution in [0.15, 0.2) is 33.5 Å². The molecule has 24 heavy (non-hydrogen) atoms. The Kier molecular flexibility index (Phi) is 4.97. The minimum absolute atomic E-state index is 0.131. The van der Waals surface area contributed by atoms with Crippen molar-refractivity contribution in [2.45, 2.75) is 38.8 Å². The molecule has 2 aromatic rings. The highest BCUT2D eigenvalue weighted by atomic mass is 16.4. The predicted octanol–water partition coefficient (Wildman–Crippen LogP) is 2.10. The van der Waals surface area contributed by atoms with Crippen LogP contribution in [0.25, 0.3) is 11.0 Å². The van der Waals surface area contributed by atoms with Gasteiger partial charge in [0.25, 0.3) is 0 Å². The number of amides is 1. The topological polar surface area (TPSA) is 82.8 Å². The Morgan fingerprint density at radius 2 is 2.21 bits per heavy atom. The van der Waals surface area contributed by atoms with Crippen LogP contribution < -0.4 is 10.9 Å². The van der Waals surface area contributed by atoms with Gasteiger partial charge in [-0.2, -0.15) is 0 Å². The highest BCUT2D eigenvalue weighted by molar-refractivity contribution is 5.92. The van der Waals surface area contributed by atoms with E-state index in [1.165, 1.54) is 13.0 Å². The van der Waals surface area contributed by atoms with Crippen molar-refractivity contribution >= 4 is 22.6 Å². The maximum Gasteiger partial charge on any atom is 0.336 e. The third kappa shape index (κ3) is 3.66. The van der Waals surface area contributed by atoms with Gasteiger partial charge in [0.2, 0.25) is 5.91 Å². The third-order valence-corrected chi connectivity index (χ3v) is 4.48. The summed E-state index contributed by atoms with van der Waals surface area (Å²) in [4.78, 5) is 25.3. The van der Waals surface area contributed by atoms with Gasteiger partial charge in [0.15, 0.2) is 0 Å². The molecule has 1 aromatic heterocycles. The molecule has 6 nitrogen and oxygen atoms in total. The zero-order chi connectivity index (χ0) is 17.1. The minimum atomic E-state index is -0.407. The molecule has 2 N–H and O–H groups in total. The van der Waals surface area contributed by atoms with Gasteiger partial charge in [-0.25, -0.2) is 4.79 Å². The number of nitrogens with one attached hydrogen (secondary N) is 1. The van der Waals surface area contributed by atoms with Crippen molar-refractivity contribution in [1.82, 2.24) is 4.90 Å². The van der Waals surface area contributed by atoms with Crippen molar-refractivity contribution in [2.75, 3.05) is 18.5 Å². The van der Waals surface area contributed by atoms with Crippen LogP contribution in [-0.2, 0) is 11.3 Å². The van der Waals surface area contributed by atoms with Crippen molar-refractivity contribution < 1.29 is 14.3 Å². The number of hydrogen-bond acceptors (Lipinski definition) is 5. The van der Waals surface area contributed by atoms with Crippen LogP contribution >= 0.6 is 0 Å². The van der Waals surface area contributed by atoms with Crippen LogP contribution in [0, 0.1) is 0 Å². The molecule has 0 bridgehead atoms. The zero-order valence-corrected chi connectivity index (χ0v) is 13.7. The molecule has 128 valence electrons. The van der Waals surface area contributed by atoms with Crippen molar-refractivity contribution in [3.8, 4) is 0 Å². The number of aliphatic hydroxyl groups excluding tert-OH is 1. The van der Waals surface area contributed by atoms with Crippen molar-refractivity contribution in [3.05, 3.63) is 40.2 Å². The first-order chi connectivity index (χ1) is 11.6. The minimum Gasteiger partial charge on any atom is -0.423 e. The molecule has 1 aromatic carbocycles. The molecule has 6 heteroatoms. The second kappa shape index (κ2) is 7.15. The van der Waals surface area contributed by atoms with E-state index in [-0.39, 0.29) is 18.6 Å². The van der Waals surface area contributed by atoms with Gasteiger partial charge < -0.3 is 14.8 Å². The summed E-state index contributed by atoms with van der Waals surface area (Å²) in [7, 11) is 0. The number of hydrogen-bond donors (Lipinski definition) is 2. The van der Waals surface area contributed by atoms with Gasteiger partial charge in [-0.15, -0.1) is 0 Å². The summed E-state index contributed by atoms with van der Waals surface area (Å²) in [5.74, 6) is -0.174. The number of carbonyl (C=O) groups is 1. The first kappa shape index (κ1) is 16.7. The Morgan fingerprint density at radius 1 is 1.38 bits per heavy atom. The van der Waals surface area contributed by atoms with E-state index in [1.54, 1.807) is 12.1 Å². The number of benzene rings is 1. The lowest BCUT2D eigenvalue weighted by molar-refractivity contribution is -0.114. The Balaban J connectivity index is 1.95. The smallest absolute Gasteiger partial charge is 0.336 e. The van der Waals surface area contributed by atoms with E-state index in [2.05, 4.69) is 10.2 Å². The average molecular weight is 330 g/mol. The van der Waals surface area contributed by atoms with Gasteiger partial charge in [-0.3, -0.25) is 9.69 Å². The normalized spacial score (nSPS) is 18.7. The number of likely N-dealkylation sites (tertiary alicyclic amines) is 1. The van der Waals surface area contributed by atoms with E-state index in [0.29, 0.717) is 17.8 Å². The van der Waals surface area contributed by atoms with Gasteiger partial charge in [-0.1, -0.05) is 6.42 Å². The fourth-order valence-electron chi connectivity index (χ4n) is 3.34. The van der Waals surface area contributed by atoms with Crippen LogP contribution in [0.4, 0.5) is 5.69 Å². The van der Waals surface area contributed by atoms with Gasteiger partial charge in [0, 0.05) is 42.7 Å². The van der Waals surface area contributed by atoms with Crippen LogP contribution in [0.3, 0.4) is 0 Å². The molecular formula is C18H22N2O4. The Labute approximate surface area is 140 Å². The van der Waals surface area contributed by atoms with Crippen LogP contribution in [-0.4, -0.2) is 35.1 Å². The summed E-state index contributed by atoms with van der Waals surface area (Å²) in [6, 6.07) is 6.98. The maximum atomic E-state index is 11.9. The number of fused-ring (bicyclic) bond motifs is 1. The quantitative estimate of drug-likeness (QED) is 0.839. The van der Waals surface area contributed by atoms with Gasteiger partial charge in [-0.05, 0) is 37.1 Å². The number of piperidine rings is 1. The molecular weight excluding hydrogens is 308 g/mol. The Hall–Kier alpha value is -2.18. The monoisotopic (exact) mass is 330 g/mol. The molecule has 1 unspecified atom stereocenters. The molecule has 3 rings (SSSR count). The first-order valence-corrected chi connectivity index (χ1v) is 8.26. The lowest BCUT2D eigenvalue weighted by atomic mass is 10.0. The molecule has 1 aliphatic heterocycles. The largest absolute Gasteiger partial charge is 0.423 e. The molecule has 1 fully saturated rings. The molecule has 1 amide bonds. The Morgan fingerprint density at radius 3 is 2.96 bits per heavy atom. The van der Waals surface area contributed by atoms with Gasteiger partial charge in [0.05, 0.1) is 6.61 Å². The average Bonchev–Trinajstić information content (AvgIpc) is 2.54. The number of anilines is 1. The van der Waals surface area contributed by atoms with E-state index in [9.17, 15) is 14.7 Å². The number of rotatable bonds is 4. The SMILES string of the molecule is CC(=O)Nc1ccc2c(CN3CCCCC3CO)cc(=O)oc2c1. The van der Waals surface area contributed by atoms with Gasteiger partial charge in [0.1, 0.15) is 5.58 Å². The predicted molar refractivity (Wildman–Crippen MR) is 91.9 cm³/mol. The summed E-state index contributed by atoms with van der Waals surface area (Å²) in [5, 5.41) is 13.1. The zero-order valence-electron chi connectivity index (χ0n) is 13.7. The molecule has 0 aliphatic carbocycles. The van der Waals surface area contributed by atoms with Gasteiger partial charge >= 0.3 is 5.63 Å². The van der Waals surface area contributed by atoms with E-state index >= 15 is 0 Å². The number of carbonyl (C=O) groups excluding carboxylic acids is 1. The van der Waals surface area contributed by atoms with Crippen molar-refractivity contribution in [2.24, 2.45) is 0 Å². The highest BCUT2D eigenvalue weighted by Crippen LogP contribution is 2.25. The summed E-state index contributed by atoms with van der Waals surface area (Å²) < 4.78 is 5.29. The van der Waals surface area contributed by atoms with Crippen LogP contribution in [0.2, 0.25) is 0 Å². The lowest BCUT2D eigenvalue weighted by Gasteiger charge is -2.34. The van der Waals surface area contributed by atoms with E-state index < -0.39 is 5.63 Å². The third-order valence-electron chi connectivity index (χ3n) is 4.48. The van der Waals surface area contributed by atoms with E-state index in [0.717, 1.165) is 36.8 Å². The first-order valence-electron chi connectivity index (χ1n) is 8.26. The molecule has 2 heterocycles.